The van der Waals surface area contributed by atoms with Crippen LogP contribution >= 0.6 is 0 Å². The van der Waals surface area contributed by atoms with Crippen LogP contribution in [0, 0.1) is 17.0 Å². The van der Waals surface area contributed by atoms with E-state index in [1.54, 1.807) is 6.92 Å². The summed E-state index contributed by atoms with van der Waals surface area (Å²) in [4.78, 5) is 10.3. The first kappa shape index (κ1) is 11.5. The molecule has 1 heterocycles. The molecule has 0 saturated carbocycles. The normalized spacial score (nSPS) is 11.5. The molecular formula is C9H15N3O3. The van der Waals surface area contributed by atoms with E-state index in [1.807, 2.05) is 20.8 Å². The lowest BCUT2D eigenvalue weighted by atomic mass is 10.1. The fourth-order valence-electron chi connectivity index (χ4n) is 1.35. The van der Waals surface area contributed by atoms with Gasteiger partial charge in [0.05, 0.1) is 17.6 Å². The van der Waals surface area contributed by atoms with Gasteiger partial charge in [-0.2, -0.15) is 5.10 Å². The third kappa shape index (κ3) is 1.93. The Morgan fingerprint density at radius 1 is 1.47 bits per heavy atom. The molecule has 15 heavy (non-hydrogen) atoms. The maximum Gasteiger partial charge on any atom is 0.353 e. The van der Waals surface area contributed by atoms with Gasteiger partial charge in [0.1, 0.15) is 5.69 Å². The summed E-state index contributed by atoms with van der Waals surface area (Å²) in [6.45, 7) is 7.33. The number of nitrogens with zero attached hydrogens (tertiary/aromatic N) is 3. The molecule has 0 aliphatic rings. The summed E-state index contributed by atoms with van der Waals surface area (Å²) in [6, 6.07) is 0. The van der Waals surface area contributed by atoms with Gasteiger partial charge in [-0.3, -0.25) is 10.1 Å². The van der Waals surface area contributed by atoms with Gasteiger partial charge in [0.2, 0.25) is 0 Å². The first-order valence-corrected chi connectivity index (χ1v) is 4.57. The minimum atomic E-state index is -0.469. The Hall–Kier alpha value is -1.59. The summed E-state index contributed by atoms with van der Waals surface area (Å²) in [5.74, 6) is 0.199. The van der Waals surface area contributed by atoms with Crippen LogP contribution in [0.2, 0.25) is 0 Å². The van der Waals surface area contributed by atoms with Gasteiger partial charge in [0.15, 0.2) is 0 Å². The Morgan fingerprint density at radius 2 is 2.00 bits per heavy atom. The zero-order valence-corrected chi connectivity index (χ0v) is 9.57. The second kappa shape index (κ2) is 3.52. The lowest BCUT2D eigenvalue weighted by molar-refractivity contribution is -0.386. The lowest BCUT2D eigenvalue weighted by Gasteiger charge is -2.20. The molecule has 0 bridgehead atoms. The number of ether oxygens (including phenoxy) is 1. The van der Waals surface area contributed by atoms with Crippen LogP contribution < -0.4 is 4.74 Å². The molecule has 1 aromatic heterocycles. The van der Waals surface area contributed by atoms with E-state index >= 15 is 0 Å². The Labute approximate surface area is 88.0 Å². The molecule has 1 rings (SSSR count). The molecule has 0 aromatic carbocycles. The van der Waals surface area contributed by atoms with Gasteiger partial charge in [-0.1, -0.05) is 0 Å². The third-order valence-corrected chi connectivity index (χ3v) is 2.00. The average molecular weight is 213 g/mol. The first-order chi connectivity index (χ1) is 6.79. The Morgan fingerprint density at radius 3 is 2.33 bits per heavy atom. The molecule has 0 aliphatic heterocycles. The van der Waals surface area contributed by atoms with E-state index in [2.05, 4.69) is 5.10 Å². The molecule has 6 heteroatoms. The average Bonchev–Trinajstić information content (AvgIpc) is 2.41. The number of nitro groups is 1. The van der Waals surface area contributed by atoms with Crippen LogP contribution in [-0.4, -0.2) is 21.8 Å². The van der Waals surface area contributed by atoms with Crippen molar-refractivity contribution in [2.45, 2.75) is 33.2 Å². The van der Waals surface area contributed by atoms with Gasteiger partial charge in [-0.05, 0) is 27.7 Å². The molecule has 0 unspecified atom stereocenters. The predicted octanol–water partition coefficient (Wildman–Crippen LogP) is 1.86. The standard InChI is InChI=1S/C9H15N3O3/c1-6-7(12(13)14)8(15-5)11(10-6)9(2,3)4/h1-5H3. The van der Waals surface area contributed by atoms with Crippen molar-refractivity contribution in [3.8, 4) is 5.88 Å². The number of rotatable bonds is 2. The van der Waals surface area contributed by atoms with Crippen molar-refractivity contribution in [2.75, 3.05) is 7.11 Å². The van der Waals surface area contributed by atoms with Crippen molar-refractivity contribution in [1.82, 2.24) is 9.78 Å². The molecule has 0 amide bonds. The van der Waals surface area contributed by atoms with Gasteiger partial charge >= 0.3 is 5.69 Å². The maximum absolute atomic E-state index is 10.8. The summed E-state index contributed by atoms with van der Waals surface area (Å²) in [5.41, 5.74) is -0.0381. The molecule has 0 N–H and O–H groups in total. The van der Waals surface area contributed by atoms with E-state index in [9.17, 15) is 10.1 Å². The zero-order chi connectivity index (χ0) is 11.8. The van der Waals surface area contributed by atoms with Crippen LogP contribution in [0.3, 0.4) is 0 Å². The number of methoxy groups -OCH3 is 1. The van der Waals surface area contributed by atoms with Gasteiger partial charge in [0, 0.05) is 0 Å². The molecule has 0 fully saturated rings. The highest BCUT2D eigenvalue weighted by Gasteiger charge is 2.31. The second-order valence-electron chi connectivity index (χ2n) is 4.28. The van der Waals surface area contributed by atoms with Crippen LogP contribution in [0.25, 0.3) is 0 Å². The van der Waals surface area contributed by atoms with Crippen LogP contribution in [0.4, 0.5) is 5.69 Å². The molecule has 1 aromatic rings. The maximum atomic E-state index is 10.8. The molecule has 6 nitrogen and oxygen atoms in total. The monoisotopic (exact) mass is 213 g/mol. The van der Waals surface area contributed by atoms with E-state index < -0.39 is 4.92 Å². The second-order valence-corrected chi connectivity index (χ2v) is 4.28. The Bertz CT molecular complexity index is 390. The van der Waals surface area contributed by atoms with Crippen LogP contribution in [0.5, 0.6) is 5.88 Å². The fourth-order valence-corrected chi connectivity index (χ4v) is 1.35. The number of hydrogen-bond acceptors (Lipinski definition) is 4. The third-order valence-electron chi connectivity index (χ3n) is 2.00. The number of hydrogen-bond donors (Lipinski definition) is 0. The van der Waals surface area contributed by atoms with E-state index in [-0.39, 0.29) is 17.1 Å². The summed E-state index contributed by atoms with van der Waals surface area (Å²) in [5, 5.41) is 14.9. The highest BCUT2D eigenvalue weighted by atomic mass is 16.6. The molecule has 0 saturated heterocycles. The van der Waals surface area contributed by atoms with E-state index in [0.717, 1.165) is 0 Å². The smallest absolute Gasteiger partial charge is 0.353 e. The SMILES string of the molecule is COc1c([N+](=O)[O-])c(C)nn1C(C)(C)C. The topological polar surface area (TPSA) is 70.2 Å². The molecule has 84 valence electrons. The summed E-state index contributed by atoms with van der Waals surface area (Å²) >= 11 is 0. The van der Waals surface area contributed by atoms with Crippen molar-refractivity contribution in [2.24, 2.45) is 0 Å². The number of aryl methyl sites for hydroxylation is 1. The number of aromatic nitrogens is 2. The van der Waals surface area contributed by atoms with E-state index in [4.69, 9.17) is 4.74 Å². The predicted molar refractivity (Wildman–Crippen MR) is 55.2 cm³/mol. The van der Waals surface area contributed by atoms with Crippen LogP contribution in [0.15, 0.2) is 0 Å². The minimum Gasteiger partial charge on any atom is -0.476 e. The van der Waals surface area contributed by atoms with E-state index in [0.29, 0.717) is 5.69 Å². The fraction of sp³-hybridized carbons (Fsp3) is 0.667. The van der Waals surface area contributed by atoms with Crippen molar-refractivity contribution in [1.29, 1.82) is 0 Å². The van der Waals surface area contributed by atoms with Gasteiger partial charge in [0.25, 0.3) is 5.88 Å². The van der Waals surface area contributed by atoms with Crippen molar-refractivity contribution in [3.63, 3.8) is 0 Å². The highest BCUT2D eigenvalue weighted by molar-refractivity contribution is 5.46. The Kier molecular flexibility index (Phi) is 2.70. The minimum absolute atomic E-state index is 0.0626. The molecule has 0 radical (unpaired) electrons. The lowest BCUT2D eigenvalue weighted by Crippen LogP contribution is -2.23. The van der Waals surface area contributed by atoms with Crippen molar-refractivity contribution in [3.05, 3.63) is 15.8 Å². The summed E-state index contributed by atoms with van der Waals surface area (Å²) < 4.78 is 6.57. The quantitative estimate of drug-likeness (QED) is 0.555. The zero-order valence-electron chi connectivity index (χ0n) is 9.57. The van der Waals surface area contributed by atoms with Gasteiger partial charge in [-0.15, -0.1) is 0 Å². The largest absolute Gasteiger partial charge is 0.476 e. The molecule has 0 atom stereocenters. The van der Waals surface area contributed by atoms with Crippen molar-refractivity contribution >= 4 is 5.69 Å². The van der Waals surface area contributed by atoms with Crippen LogP contribution in [0.1, 0.15) is 26.5 Å². The molecule has 0 aliphatic carbocycles. The highest BCUT2D eigenvalue weighted by Crippen LogP contribution is 2.34. The van der Waals surface area contributed by atoms with E-state index in [1.165, 1.54) is 11.8 Å². The Balaban J connectivity index is 3.45. The summed E-state index contributed by atoms with van der Waals surface area (Å²) in [7, 11) is 1.41. The van der Waals surface area contributed by atoms with Gasteiger partial charge in [-0.25, -0.2) is 4.68 Å². The molecular weight excluding hydrogens is 198 g/mol. The first-order valence-electron chi connectivity index (χ1n) is 4.57. The van der Waals surface area contributed by atoms with Gasteiger partial charge < -0.3 is 4.74 Å². The van der Waals surface area contributed by atoms with Crippen LogP contribution in [-0.2, 0) is 5.54 Å². The van der Waals surface area contributed by atoms with Crippen molar-refractivity contribution < 1.29 is 9.66 Å². The molecule has 0 spiro atoms. The summed E-state index contributed by atoms with van der Waals surface area (Å²) in [6.07, 6.45) is 0.